The number of aryl methyl sites for hydroxylation is 1. The maximum atomic E-state index is 11.0. The van der Waals surface area contributed by atoms with Crippen LogP contribution in [0.5, 0.6) is 0 Å². The number of nitrogens with one attached hydrogen (secondary N) is 1. The summed E-state index contributed by atoms with van der Waals surface area (Å²) in [5, 5.41) is 11.0. The Morgan fingerprint density at radius 1 is 1.67 bits per heavy atom. The van der Waals surface area contributed by atoms with E-state index in [1.165, 1.54) is 0 Å². The molecular weight excluding hydrogens is 196 g/mol. The largest absolute Gasteiger partial charge is 0.447 e. The summed E-state index contributed by atoms with van der Waals surface area (Å²) in [6.45, 7) is 2.17. The first-order valence-corrected chi connectivity index (χ1v) is 4.65. The van der Waals surface area contributed by atoms with Crippen LogP contribution in [0.1, 0.15) is 11.1 Å². The van der Waals surface area contributed by atoms with Crippen molar-refractivity contribution >= 4 is 6.09 Å². The molecule has 1 amide bonds. The summed E-state index contributed by atoms with van der Waals surface area (Å²) >= 11 is 0. The number of carbonyl (C=O) groups excluding carboxylic acids is 1. The van der Waals surface area contributed by atoms with Gasteiger partial charge in [0.05, 0.1) is 6.61 Å². The van der Waals surface area contributed by atoms with E-state index >= 15 is 0 Å². The number of hydrogen-bond acceptors (Lipinski definition) is 4. The molecule has 0 bridgehead atoms. The maximum Gasteiger partial charge on any atom is 0.407 e. The molecule has 0 unspecified atom stereocenters. The Hall–Kier alpha value is -1.62. The number of aliphatic hydroxyl groups is 1. The molecule has 2 N–H and O–H groups in total. The van der Waals surface area contributed by atoms with Crippen molar-refractivity contribution in [1.29, 1.82) is 0 Å². The number of aliphatic hydroxyl groups excluding tert-OH is 1. The SMILES string of the molecule is Cc1ccncc1CNC(=O)OCCO. The molecule has 82 valence electrons. The van der Waals surface area contributed by atoms with Crippen molar-refractivity contribution in [3.63, 3.8) is 0 Å². The molecule has 0 aromatic carbocycles. The number of amides is 1. The molecule has 0 aliphatic heterocycles. The second-order valence-corrected chi connectivity index (χ2v) is 3.02. The van der Waals surface area contributed by atoms with Crippen LogP contribution in [0.2, 0.25) is 0 Å². The Balaban J connectivity index is 2.37. The zero-order valence-electron chi connectivity index (χ0n) is 8.56. The van der Waals surface area contributed by atoms with Gasteiger partial charge in [-0.1, -0.05) is 0 Å². The lowest BCUT2D eigenvalue weighted by molar-refractivity contribution is 0.119. The number of rotatable bonds is 4. The van der Waals surface area contributed by atoms with E-state index in [1.807, 2.05) is 13.0 Å². The summed E-state index contributed by atoms with van der Waals surface area (Å²) in [5.41, 5.74) is 2.01. The van der Waals surface area contributed by atoms with Gasteiger partial charge in [-0.2, -0.15) is 0 Å². The fourth-order valence-corrected chi connectivity index (χ4v) is 1.04. The maximum absolute atomic E-state index is 11.0. The summed E-state index contributed by atoms with van der Waals surface area (Å²) in [5.74, 6) is 0. The number of hydrogen-bond donors (Lipinski definition) is 2. The minimum Gasteiger partial charge on any atom is -0.447 e. The van der Waals surface area contributed by atoms with E-state index in [1.54, 1.807) is 12.4 Å². The standard InChI is InChI=1S/C10H14N2O3/c1-8-2-3-11-6-9(8)7-12-10(14)15-5-4-13/h2-3,6,13H,4-5,7H2,1H3,(H,12,14). The van der Waals surface area contributed by atoms with Crippen molar-refractivity contribution in [2.45, 2.75) is 13.5 Å². The first kappa shape index (κ1) is 11.5. The number of nitrogens with zero attached hydrogens (tertiary/aromatic N) is 1. The molecular formula is C10H14N2O3. The molecule has 0 saturated carbocycles. The van der Waals surface area contributed by atoms with Crippen molar-refractivity contribution < 1.29 is 14.6 Å². The predicted octanol–water partition coefficient (Wildman–Crippen LogP) is 0.609. The number of ether oxygens (including phenoxy) is 1. The average molecular weight is 210 g/mol. The van der Waals surface area contributed by atoms with Gasteiger partial charge in [0.15, 0.2) is 0 Å². The lowest BCUT2D eigenvalue weighted by Gasteiger charge is -2.07. The fraction of sp³-hybridized carbons (Fsp3) is 0.400. The molecule has 15 heavy (non-hydrogen) atoms. The molecule has 5 nitrogen and oxygen atoms in total. The topological polar surface area (TPSA) is 71.5 Å². The Bertz CT molecular complexity index is 328. The lowest BCUT2D eigenvalue weighted by Crippen LogP contribution is -2.25. The van der Waals surface area contributed by atoms with Gasteiger partial charge in [0.1, 0.15) is 6.61 Å². The highest BCUT2D eigenvalue weighted by Gasteiger charge is 2.02. The van der Waals surface area contributed by atoms with Gasteiger partial charge in [-0.15, -0.1) is 0 Å². The van der Waals surface area contributed by atoms with Crippen molar-refractivity contribution in [2.24, 2.45) is 0 Å². The third-order valence-corrected chi connectivity index (χ3v) is 1.90. The molecule has 0 saturated heterocycles. The molecule has 1 aromatic heterocycles. The number of carbonyl (C=O) groups is 1. The van der Waals surface area contributed by atoms with E-state index in [0.29, 0.717) is 6.54 Å². The molecule has 1 rings (SSSR count). The Labute approximate surface area is 88.1 Å². The van der Waals surface area contributed by atoms with Crippen LogP contribution in [-0.4, -0.2) is 29.4 Å². The zero-order valence-corrected chi connectivity index (χ0v) is 8.56. The number of alkyl carbamates (subject to hydrolysis) is 1. The third kappa shape index (κ3) is 3.95. The summed E-state index contributed by atoms with van der Waals surface area (Å²) < 4.78 is 4.63. The molecule has 0 atom stereocenters. The second-order valence-electron chi connectivity index (χ2n) is 3.02. The van der Waals surface area contributed by atoms with Crippen LogP contribution in [0.15, 0.2) is 18.5 Å². The second kappa shape index (κ2) is 5.98. The van der Waals surface area contributed by atoms with Crippen molar-refractivity contribution in [1.82, 2.24) is 10.3 Å². The van der Waals surface area contributed by atoms with Crippen LogP contribution >= 0.6 is 0 Å². The monoisotopic (exact) mass is 210 g/mol. The van der Waals surface area contributed by atoms with Crippen molar-refractivity contribution in [3.8, 4) is 0 Å². The molecule has 1 aromatic rings. The van der Waals surface area contributed by atoms with E-state index < -0.39 is 6.09 Å². The summed E-state index contributed by atoms with van der Waals surface area (Å²) in [4.78, 5) is 15.0. The molecule has 0 aliphatic rings. The highest BCUT2D eigenvalue weighted by molar-refractivity contribution is 5.67. The van der Waals surface area contributed by atoms with E-state index in [-0.39, 0.29) is 13.2 Å². The Morgan fingerprint density at radius 3 is 3.13 bits per heavy atom. The highest BCUT2D eigenvalue weighted by atomic mass is 16.6. The van der Waals surface area contributed by atoms with E-state index in [9.17, 15) is 4.79 Å². The number of aromatic nitrogens is 1. The smallest absolute Gasteiger partial charge is 0.407 e. The van der Waals surface area contributed by atoms with Gasteiger partial charge in [-0.3, -0.25) is 4.98 Å². The van der Waals surface area contributed by atoms with E-state index in [4.69, 9.17) is 5.11 Å². The fourth-order valence-electron chi connectivity index (χ4n) is 1.04. The molecule has 0 spiro atoms. The summed E-state index contributed by atoms with van der Waals surface area (Å²) in [6, 6.07) is 1.87. The van der Waals surface area contributed by atoms with Gasteiger partial charge < -0.3 is 15.2 Å². The van der Waals surface area contributed by atoms with Crippen molar-refractivity contribution in [2.75, 3.05) is 13.2 Å². The summed E-state index contributed by atoms with van der Waals surface area (Å²) in [6.07, 6.45) is 2.86. The minimum atomic E-state index is -0.535. The molecule has 0 aliphatic carbocycles. The van der Waals surface area contributed by atoms with Crippen LogP contribution in [0.3, 0.4) is 0 Å². The third-order valence-electron chi connectivity index (χ3n) is 1.90. The van der Waals surface area contributed by atoms with Gasteiger partial charge in [-0.25, -0.2) is 4.79 Å². The number of pyridine rings is 1. The normalized spacial score (nSPS) is 9.73. The quantitative estimate of drug-likeness (QED) is 0.763. The zero-order chi connectivity index (χ0) is 11.1. The first-order valence-electron chi connectivity index (χ1n) is 4.65. The van der Waals surface area contributed by atoms with Gasteiger partial charge in [0.2, 0.25) is 0 Å². The first-order chi connectivity index (χ1) is 7.24. The molecule has 0 radical (unpaired) electrons. The van der Waals surface area contributed by atoms with Crippen LogP contribution < -0.4 is 5.32 Å². The summed E-state index contributed by atoms with van der Waals surface area (Å²) in [7, 11) is 0. The van der Waals surface area contributed by atoms with Gasteiger partial charge in [0.25, 0.3) is 0 Å². The van der Waals surface area contributed by atoms with Gasteiger partial charge in [-0.05, 0) is 24.1 Å². The van der Waals surface area contributed by atoms with Gasteiger partial charge in [0, 0.05) is 18.9 Å². The Morgan fingerprint density at radius 2 is 2.47 bits per heavy atom. The Kier molecular flexibility index (Phi) is 4.56. The molecule has 0 fully saturated rings. The van der Waals surface area contributed by atoms with Gasteiger partial charge >= 0.3 is 6.09 Å². The van der Waals surface area contributed by atoms with E-state index in [0.717, 1.165) is 11.1 Å². The molecule has 5 heteroatoms. The van der Waals surface area contributed by atoms with Crippen LogP contribution in [-0.2, 0) is 11.3 Å². The average Bonchev–Trinajstić information content (AvgIpc) is 2.25. The van der Waals surface area contributed by atoms with Crippen LogP contribution in [0.25, 0.3) is 0 Å². The van der Waals surface area contributed by atoms with Crippen LogP contribution in [0, 0.1) is 6.92 Å². The van der Waals surface area contributed by atoms with E-state index in [2.05, 4.69) is 15.0 Å². The minimum absolute atomic E-state index is 0.0118. The highest BCUT2D eigenvalue weighted by Crippen LogP contribution is 2.03. The molecule has 1 heterocycles. The predicted molar refractivity (Wildman–Crippen MR) is 54.2 cm³/mol. The van der Waals surface area contributed by atoms with Crippen LogP contribution in [0.4, 0.5) is 4.79 Å². The lowest BCUT2D eigenvalue weighted by atomic mass is 10.2. The van der Waals surface area contributed by atoms with Crippen molar-refractivity contribution in [3.05, 3.63) is 29.6 Å².